The average Bonchev–Trinajstić information content (AvgIpc) is 3.06. The van der Waals surface area contributed by atoms with Crippen molar-refractivity contribution in [1.29, 1.82) is 0 Å². The highest BCUT2D eigenvalue weighted by Gasteiger charge is 2.18. The molecule has 0 amide bonds. The molecule has 0 bridgehead atoms. The number of fused-ring (bicyclic) bond motifs is 1. The number of sulfonamides is 1. The summed E-state index contributed by atoms with van der Waals surface area (Å²) in [5, 5.41) is 14.4. The molecular formula is C12H14N6O2S. The topological polar surface area (TPSA) is 105 Å². The predicted molar refractivity (Wildman–Crippen MR) is 75.2 cm³/mol. The van der Waals surface area contributed by atoms with Gasteiger partial charge in [0.05, 0.1) is 11.9 Å². The molecule has 9 heteroatoms. The van der Waals surface area contributed by atoms with Crippen molar-refractivity contribution in [2.75, 3.05) is 6.54 Å². The number of aromatic amines is 1. The summed E-state index contributed by atoms with van der Waals surface area (Å²) in [4.78, 5) is 0.161. The Bertz CT molecular complexity index is 867. The number of rotatable bonds is 5. The van der Waals surface area contributed by atoms with Gasteiger partial charge in [0, 0.05) is 19.2 Å². The fraction of sp³-hybridized carbons (Fsp3) is 0.250. The van der Waals surface area contributed by atoms with Crippen LogP contribution in [0.25, 0.3) is 5.65 Å². The molecule has 0 fully saturated rings. The molecule has 0 aliphatic carbocycles. The number of nitrogens with one attached hydrogen (secondary N) is 2. The van der Waals surface area contributed by atoms with Crippen LogP contribution in [0.1, 0.15) is 11.5 Å². The minimum atomic E-state index is -3.56. The van der Waals surface area contributed by atoms with E-state index in [9.17, 15) is 8.42 Å². The van der Waals surface area contributed by atoms with E-state index in [0.29, 0.717) is 17.9 Å². The molecule has 0 spiro atoms. The third kappa shape index (κ3) is 2.65. The van der Waals surface area contributed by atoms with Crippen LogP contribution in [0, 0.1) is 6.92 Å². The van der Waals surface area contributed by atoms with Crippen molar-refractivity contribution in [1.82, 2.24) is 29.5 Å². The number of hydrogen-bond acceptors (Lipinski definition) is 5. The zero-order valence-corrected chi connectivity index (χ0v) is 12.1. The molecule has 0 atom stereocenters. The first-order chi connectivity index (χ1) is 10.1. The lowest BCUT2D eigenvalue weighted by Gasteiger charge is -2.05. The van der Waals surface area contributed by atoms with E-state index in [4.69, 9.17) is 0 Å². The molecule has 0 saturated carbocycles. The Morgan fingerprint density at radius 3 is 2.95 bits per heavy atom. The van der Waals surface area contributed by atoms with Gasteiger partial charge in [-0.3, -0.25) is 9.50 Å². The smallest absolute Gasteiger partial charge is 0.243 e. The second-order valence-electron chi connectivity index (χ2n) is 4.55. The van der Waals surface area contributed by atoms with Gasteiger partial charge in [-0.25, -0.2) is 13.1 Å². The highest BCUT2D eigenvalue weighted by Crippen LogP contribution is 2.10. The molecule has 0 aliphatic heterocycles. The van der Waals surface area contributed by atoms with Crippen molar-refractivity contribution < 1.29 is 8.42 Å². The van der Waals surface area contributed by atoms with Crippen LogP contribution in [0.4, 0.5) is 0 Å². The molecule has 3 rings (SSSR count). The van der Waals surface area contributed by atoms with Crippen LogP contribution in [-0.4, -0.2) is 39.8 Å². The van der Waals surface area contributed by atoms with Gasteiger partial charge in [0.1, 0.15) is 10.7 Å². The summed E-state index contributed by atoms with van der Waals surface area (Å²) in [5.41, 5.74) is 1.25. The maximum atomic E-state index is 12.1. The van der Waals surface area contributed by atoms with Crippen LogP contribution in [0.3, 0.4) is 0 Å². The maximum Gasteiger partial charge on any atom is 0.243 e. The zero-order chi connectivity index (χ0) is 14.9. The summed E-state index contributed by atoms with van der Waals surface area (Å²) >= 11 is 0. The van der Waals surface area contributed by atoms with Gasteiger partial charge in [-0.15, -0.1) is 10.2 Å². The lowest BCUT2D eigenvalue weighted by atomic mass is 10.4. The van der Waals surface area contributed by atoms with Gasteiger partial charge in [0.15, 0.2) is 5.65 Å². The van der Waals surface area contributed by atoms with Gasteiger partial charge in [-0.05, 0) is 19.1 Å². The van der Waals surface area contributed by atoms with Gasteiger partial charge in [0.25, 0.3) is 0 Å². The van der Waals surface area contributed by atoms with Gasteiger partial charge < -0.3 is 0 Å². The van der Waals surface area contributed by atoms with E-state index in [1.165, 1.54) is 6.20 Å². The Labute approximate surface area is 121 Å². The predicted octanol–water partition coefficient (Wildman–Crippen LogP) is 0.282. The number of H-pyrrole nitrogens is 1. The Morgan fingerprint density at radius 1 is 1.33 bits per heavy atom. The van der Waals surface area contributed by atoms with Crippen LogP contribution in [0.15, 0.2) is 35.5 Å². The Balaban J connectivity index is 1.70. The van der Waals surface area contributed by atoms with Gasteiger partial charge in [0.2, 0.25) is 10.0 Å². The number of pyridine rings is 1. The molecule has 0 radical (unpaired) electrons. The van der Waals surface area contributed by atoms with Crippen LogP contribution < -0.4 is 4.72 Å². The first kappa shape index (κ1) is 13.7. The summed E-state index contributed by atoms with van der Waals surface area (Å²) in [6.45, 7) is 1.90. The second kappa shape index (κ2) is 5.26. The second-order valence-corrected chi connectivity index (χ2v) is 6.29. The molecule has 0 unspecified atom stereocenters. The van der Waals surface area contributed by atoms with E-state index in [2.05, 4.69) is 25.1 Å². The monoisotopic (exact) mass is 306 g/mol. The van der Waals surface area contributed by atoms with E-state index >= 15 is 0 Å². The summed E-state index contributed by atoms with van der Waals surface area (Å²) < 4.78 is 28.6. The number of aromatic nitrogens is 5. The molecule has 110 valence electrons. The van der Waals surface area contributed by atoms with Crippen molar-refractivity contribution >= 4 is 15.7 Å². The van der Waals surface area contributed by atoms with Crippen molar-refractivity contribution in [2.24, 2.45) is 0 Å². The van der Waals surface area contributed by atoms with E-state index in [0.717, 1.165) is 5.65 Å². The van der Waals surface area contributed by atoms with E-state index in [1.807, 2.05) is 28.8 Å². The Hall–Kier alpha value is -2.26. The van der Waals surface area contributed by atoms with Gasteiger partial charge in [-0.1, -0.05) is 6.07 Å². The third-order valence-corrected chi connectivity index (χ3v) is 4.67. The van der Waals surface area contributed by atoms with E-state index in [1.54, 1.807) is 6.92 Å². The Kier molecular flexibility index (Phi) is 3.43. The molecule has 0 saturated heterocycles. The molecule has 0 aromatic carbocycles. The molecule has 3 aromatic rings. The maximum absolute atomic E-state index is 12.1. The lowest BCUT2D eigenvalue weighted by Crippen LogP contribution is -2.26. The average molecular weight is 306 g/mol. The summed E-state index contributed by atoms with van der Waals surface area (Å²) in [6, 6.07) is 5.59. The molecule has 3 heterocycles. The van der Waals surface area contributed by atoms with Crippen LogP contribution in [0.5, 0.6) is 0 Å². The summed E-state index contributed by atoms with van der Waals surface area (Å²) in [6.07, 6.45) is 3.59. The quantitative estimate of drug-likeness (QED) is 0.704. The van der Waals surface area contributed by atoms with E-state index in [-0.39, 0.29) is 11.4 Å². The molecule has 2 N–H and O–H groups in total. The van der Waals surface area contributed by atoms with E-state index < -0.39 is 10.0 Å². The minimum Gasteiger partial charge on any atom is -0.286 e. The van der Waals surface area contributed by atoms with Gasteiger partial charge in [-0.2, -0.15) is 5.10 Å². The minimum absolute atomic E-state index is 0.161. The normalized spacial score (nSPS) is 12.0. The number of nitrogens with zero attached hydrogens (tertiary/aromatic N) is 4. The van der Waals surface area contributed by atoms with Crippen LogP contribution in [0.2, 0.25) is 0 Å². The molecule has 8 nitrogen and oxygen atoms in total. The number of hydrogen-bond donors (Lipinski definition) is 2. The van der Waals surface area contributed by atoms with Gasteiger partial charge >= 0.3 is 0 Å². The summed E-state index contributed by atoms with van der Waals surface area (Å²) in [7, 11) is -3.56. The SMILES string of the molecule is Cc1[nH]ncc1S(=O)(=O)NCCc1nnc2ccccn12. The number of aryl methyl sites for hydroxylation is 1. The fourth-order valence-corrected chi connectivity index (χ4v) is 3.21. The lowest BCUT2D eigenvalue weighted by molar-refractivity contribution is 0.580. The molecule has 3 aromatic heterocycles. The molecule has 0 aliphatic rings. The van der Waals surface area contributed by atoms with Crippen LogP contribution in [-0.2, 0) is 16.4 Å². The zero-order valence-electron chi connectivity index (χ0n) is 11.3. The molecular weight excluding hydrogens is 292 g/mol. The van der Waals surface area contributed by atoms with Crippen LogP contribution >= 0.6 is 0 Å². The van der Waals surface area contributed by atoms with Crippen molar-refractivity contribution in [3.63, 3.8) is 0 Å². The first-order valence-electron chi connectivity index (χ1n) is 6.36. The molecule has 21 heavy (non-hydrogen) atoms. The Morgan fingerprint density at radius 2 is 2.19 bits per heavy atom. The third-order valence-electron chi connectivity index (χ3n) is 3.10. The van der Waals surface area contributed by atoms with Crippen molar-refractivity contribution in [3.8, 4) is 0 Å². The highest BCUT2D eigenvalue weighted by atomic mass is 32.2. The largest absolute Gasteiger partial charge is 0.286 e. The van der Waals surface area contributed by atoms with Crippen molar-refractivity contribution in [3.05, 3.63) is 42.1 Å². The highest BCUT2D eigenvalue weighted by molar-refractivity contribution is 7.89. The summed E-state index contributed by atoms with van der Waals surface area (Å²) in [5.74, 6) is 0.706. The van der Waals surface area contributed by atoms with Crippen molar-refractivity contribution in [2.45, 2.75) is 18.2 Å². The first-order valence-corrected chi connectivity index (χ1v) is 7.84. The fourth-order valence-electron chi connectivity index (χ4n) is 2.05. The standard InChI is InChI=1S/C12H14N6O2S/c1-9-10(8-13-15-9)21(19,20)14-6-5-12-17-16-11-4-2-3-7-18(11)12/h2-4,7-8,14H,5-6H2,1H3,(H,13,15).